The largest absolute Gasteiger partial charge is 0.508 e. The number of aromatic hydroxyl groups is 1. The number of phenolic OH excluding ortho intramolecular Hbond substituents is 1. The molecule has 3 saturated heterocycles. The summed E-state index contributed by atoms with van der Waals surface area (Å²) in [5.41, 5.74) is -0.723. The number of fused-ring (bicyclic) bond motifs is 4. The first-order valence-electron chi connectivity index (χ1n) is 17.6. The fraction of sp³-hybridized carbons (Fsp3) is 0.385. The van der Waals surface area contributed by atoms with Crippen molar-refractivity contribution in [2.24, 2.45) is 17.8 Å². The van der Waals surface area contributed by atoms with Crippen LogP contribution in [-0.4, -0.2) is 74.5 Å². The number of carbonyl (C=O) groups excluding carboxylic acids is 4. The third-order valence-corrected chi connectivity index (χ3v) is 13.4. The maximum Gasteiger partial charge on any atom is 0.258 e. The SMILES string of the molecule is COc1cccc(O)c1C1C2=CCC3C(=O)N(C4CCN(Cc5ccccc5)CC4)C(=O)C3C2CC2(Cl)C(=O)N(c3c(F)c(F)c(F)c(F)c3F)C(=O)C12Cl. The number of amides is 4. The summed E-state index contributed by atoms with van der Waals surface area (Å²) in [5.74, 6) is -21.9. The van der Waals surface area contributed by atoms with Gasteiger partial charge in [0.25, 0.3) is 11.8 Å². The summed E-state index contributed by atoms with van der Waals surface area (Å²) >= 11 is 14.4. The van der Waals surface area contributed by atoms with Crippen LogP contribution in [0.1, 0.15) is 42.7 Å². The number of ether oxygens (including phenoxy) is 1. The molecular formula is C39H32Cl2F5N3O6. The quantitative estimate of drug-likeness (QED) is 0.0777. The maximum absolute atomic E-state index is 15.3. The molecule has 1 saturated carbocycles. The molecule has 3 heterocycles. The average molecular weight is 805 g/mol. The predicted molar refractivity (Wildman–Crippen MR) is 188 cm³/mol. The smallest absolute Gasteiger partial charge is 0.258 e. The van der Waals surface area contributed by atoms with Crippen molar-refractivity contribution in [3.63, 3.8) is 0 Å². The van der Waals surface area contributed by atoms with E-state index in [2.05, 4.69) is 4.90 Å². The zero-order chi connectivity index (χ0) is 39.3. The molecule has 55 heavy (non-hydrogen) atoms. The summed E-state index contributed by atoms with van der Waals surface area (Å²) < 4.78 is 79.4. The first kappa shape index (κ1) is 37.4. The Morgan fingerprint density at radius 3 is 2.09 bits per heavy atom. The molecule has 6 atom stereocenters. The number of benzene rings is 3. The molecule has 3 aromatic carbocycles. The molecule has 0 radical (unpaired) electrons. The van der Waals surface area contributed by atoms with Crippen LogP contribution in [0.5, 0.6) is 11.5 Å². The van der Waals surface area contributed by atoms with Crippen LogP contribution >= 0.6 is 23.2 Å². The molecular weight excluding hydrogens is 772 g/mol. The van der Waals surface area contributed by atoms with E-state index in [1.54, 1.807) is 6.08 Å². The molecule has 3 aromatic rings. The molecule has 0 aromatic heterocycles. The van der Waals surface area contributed by atoms with Crippen LogP contribution in [0.15, 0.2) is 60.2 Å². The molecule has 5 aliphatic rings. The molecule has 0 bridgehead atoms. The fourth-order valence-corrected chi connectivity index (χ4v) is 10.4. The first-order chi connectivity index (χ1) is 26.2. The number of piperidine rings is 1. The summed E-state index contributed by atoms with van der Waals surface area (Å²) in [5, 5.41) is 11.3. The van der Waals surface area contributed by atoms with Gasteiger partial charge in [0.15, 0.2) is 33.0 Å². The Hall–Kier alpha value is -4.53. The van der Waals surface area contributed by atoms with Crippen molar-refractivity contribution in [2.45, 2.75) is 53.9 Å². The predicted octanol–water partition coefficient (Wildman–Crippen LogP) is 6.32. The molecule has 9 nitrogen and oxygen atoms in total. The summed E-state index contributed by atoms with van der Waals surface area (Å²) in [7, 11) is 1.24. The highest BCUT2D eigenvalue weighted by molar-refractivity contribution is 6.58. The van der Waals surface area contributed by atoms with Gasteiger partial charge in [-0.05, 0) is 49.3 Å². The number of imide groups is 2. The lowest BCUT2D eigenvalue weighted by atomic mass is 9.56. The van der Waals surface area contributed by atoms with Crippen LogP contribution in [0, 0.1) is 46.8 Å². The van der Waals surface area contributed by atoms with Crippen molar-refractivity contribution in [2.75, 3.05) is 25.1 Å². The van der Waals surface area contributed by atoms with Gasteiger partial charge in [-0.15, -0.1) is 23.2 Å². The normalized spacial score (nSPS) is 29.7. The third kappa shape index (κ3) is 5.20. The number of hydrogen-bond donors (Lipinski definition) is 1. The van der Waals surface area contributed by atoms with Gasteiger partial charge in [-0.25, -0.2) is 26.9 Å². The summed E-state index contributed by atoms with van der Waals surface area (Å²) in [4.78, 5) is 55.4. The van der Waals surface area contributed by atoms with Crippen molar-refractivity contribution in [3.8, 4) is 11.5 Å². The van der Waals surface area contributed by atoms with Crippen LogP contribution in [0.3, 0.4) is 0 Å². The van der Waals surface area contributed by atoms with Gasteiger partial charge in [-0.1, -0.05) is 48.0 Å². The van der Waals surface area contributed by atoms with Gasteiger partial charge in [-0.2, -0.15) is 0 Å². The van der Waals surface area contributed by atoms with E-state index >= 15 is 8.78 Å². The van der Waals surface area contributed by atoms with Gasteiger partial charge in [0.2, 0.25) is 17.6 Å². The number of phenols is 1. The maximum atomic E-state index is 15.3. The van der Waals surface area contributed by atoms with Gasteiger partial charge >= 0.3 is 0 Å². The van der Waals surface area contributed by atoms with Gasteiger partial charge < -0.3 is 9.84 Å². The second kappa shape index (κ2) is 13.3. The number of likely N-dealkylation sites (tertiary alicyclic amines) is 2. The third-order valence-electron chi connectivity index (χ3n) is 12.0. The lowest BCUT2D eigenvalue weighted by Gasteiger charge is -2.51. The summed E-state index contributed by atoms with van der Waals surface area (Å²) in [6, 6.07) is 13.5. The molecule has 0 spiro atoms. The van der Waals surface area contributed by atoms with Crippen LogP contribution < -0.4 is 9.64 Å². The molecule has 1 N–H and O–H groups in total. The number of halogens is 7. The minimum Gasteiger partial charge on any atom is -0.508 e. The standard InChI is InChI=1S/C39H32Cl2F5N3O6/c1-55-24-9-5-8-23(50)26(24)27-20-10-11-21-25(35(52)48(34(21)51)19-12-14-47(15-13-19)17-18-6-3-2-4-7-18)22(20)16-38(40)36(53)49(37(54)39(27,38)41)33-31(45)29(43)28(42)30(44)32(33)46/h2-10,19,21-22,25,27,50H,11-17H2,1H3. The van der Waals surface area contributed by atoms with Gasteiger partial charge in [0, 0.05) is 37.2 Å². The van der Waals surface area contributed by atoms with E-state index in [1.165, 1.54) is 30.2 Å². The van der Waals surface area contributed by atoms with Crippen LogP contribution in [-0.2, 0) is 25.7 Å². The topological polar surface area (TPSA) is 107 Å². The van der Waals surface area contributed by atoms with Crippen molar-refractivity contribution in [1.82, 2.24) is 9.80 Å². The summed E-state index contributed by atoms with van der Waals surface area (Å²) in [6.07, 6.45) is 1.93. The van der Waals surface area contributed by atoms with E-state index < -0.39 is 110 Å². The number of anilines is 1. The van der Waals surface area contributed by atoms with Gasteiger partial charge in [0.1, 0.15) is 17.2 Å². The highest BCUT2D eigenvalue weighted by atomic mass is 35.5. The Morgan fingerprint density at radius 2 is 1.45 bits per heavy atom. The Kier molecular flexibility index (Phi) is 9.05. The van der Waals surface area contributed by atoms with Gasteiger partial charge in [-0.3, -0.25) is 29.0 Å². The minimum absolute atomic E-state index is 0.0113. The van der Waals surface area contributed by atoms with E-state index in [0.29, 0.717) is 32.5 Å². The zero-order valence-electron chi connectivity index (χ0n) is 29.0. The summed E-state index contributed by atoms with van der Waals surface area (Å²) in [6.45, 7) is 1.91. The number of hydrogen-bond acceptors (Lipinski definition) is 7. The van der Waals surface area contributed by atoms with E-state index in [9.17, 15) is 37.5 Å². The van der Waals surface area contributed by atoms with Gasteiger partial charge in [0.05, 0.1) is 18.9 Å². The number of rotatable bonds is 6. The lowest BCUT2D eigenvalue weighted by Crippen LogP contribution is -2.60. The first-order valence-corrected chi connectivity index (χ1v) is 18.4. The van der Waals surface area contributed by atoms with Crippen molar-refractivity contribution in [1.29, 1.82) is 0 Å². The number of allylic oxidation sites excluding steroid dienone is 2. The lowest BCUT2D eigenvalue weighted by molar-refractivity contribution is -0.144. The average Bonchev–Trinajstić information content (AvgIpc) is 3.52. The van der Waals surface area contributed by atoms with E-state index in [-0.39, 0.29) is 28.2 Å². The number of nitrogens with zero attached hydrogens (tertiary/aromatic N) is 3. The van der Waals surface area contributed by atoms with Crippen molar-refractivity contribution in [3.05, 3.63) is 100 Å². The molecule has 3 aliphatic heterocycles. The highest BCUT2D eigenvalue weighted by Gasteiger charge is 2.77. The number of methoxy groups -OCH3 is 1. The van der Waals surface area contributed by atoms with E-state index in [0.717, 1.165) is 5.56 Å². The van der Waals surface area contributed by atoms with E-state index in [4.69, 9.17) is 27.9 Å². The minimum atomic E-state index is -2.79. The Morgan fingerprint density at radius 1 is 0.818 bits per heavy atom. The van der Waals surface area contributed by atoms with Crippen LogP contribution in [0.4, 0.5) is 27.6 Å². The molecule has 8 rings (SSSR count). The second-order valence-electron chi connectivity index (χ2n) is 14.6. The Bertz CT molecular complexity index is 2170. The Balaban J connectivity index is 1.21. The monoisotopic (exact) mass is 803 g/mol. The van der Waals surface area contributed by atoms with Crippen LogP contribution in [0.25, 0.3) is 0 Å². The highest BCUT2D eigenvalue weighted by Crippen LogP contribution is 2.67. The fourth-order valence-electron chi connectivity index (χ4n) is 9.45. The molecule has 4 fully saturated rings. The molecule has 6 unspecified atom stereocenters. The molecule has 16 heteroatoms. The van der Waals surface area contributed by atoms with Crippen molar-refractivity contribution < 1.29 is 51.0 Å². The second-order valence-corrected chi connectivity index (χ2v) is 15.9. The number of alkyl halides is 2. The molecule has 4 amide bonds. The van der Waals surface area contributed by atoms with Crippen LogP contribution in [0.2, 0.25) is 0 Å². The van der Waals surface area contributed by atoms with Crippen molar-refractivity contribution >= 4 is 52.5 Å². The number of carbonyl (C=O) groups is 4. The molecule has 2 aliphatic carbocycles. The molecule has 288 valence electrons. The van der Waals surface area contributed by atoms with E-state index in [1.807, 2.05) is 30.3 Å². The Labute approximate surface area is 321 Å². The zero-order valence-corrected chi connectivity index (χ0v) is 30.5.